The van der Waals surface area contributed by atoms with Gasteiger partial charge >= 0.3 is 0 Å². The highest BCUT2D eigenvalue weighted by Gasteiger charge is 2.20. The normalized spacial score (nSPS) is 11.1. The maximum absolute atomic E-state index is 11.7. The van der Waals surface area contributed by atoms with E-state index in [0.29, 0.717) is 12.8 Å². The van der Waals surface area contributed by atoms with Crippen LogP contribution in [0.1, 0.15) is 103 Å². The zero-order valence-electron chi connectivity index (χ0n) is 22.9. The van der Waals surface area contributed by atoms with Crippen molar-refractivity contribution in [3.63, 3.8) is 0 Å². The fraction of sp³-hybridized carbons (Fsp3) is 0.786. The van der Waals surface area contributed by atoms with Crippen molar-refractivity contribution in [2.45, 2.75) is 142 Å². The quantitative estimate of drug-likeness (QED) is 0.107. The Kier molecular flexibility index (Phi) is 18.9. The lowest BCUT2D eigenvalue weighted by Gasteiger charge is -2.17. The summed E-state index contributed by atoms with van der Waals surface area (Å²) in [6.45, 7) is 12.3. The molecule has 0 amide bonds. The Balaban J connectivity index is 3.44. The van der Waals surface area contributed by atoms with Crippen LogP contribution in [0.15, 0.2) is 0 Å². The van der Waals surface area contributed by atoms with Crippen LogP contribution >= 0.6 is 0 Å². The van der Waals surface area contributed by atoms with Crippen LogP contribution in [0.4, 0.5) is 0 Å². The predicted octanol–water partition coefficient (Wildman–Crippen LogP) is 7.99. The van der Waals surface area contributed by atoms with Crippen LogP contribution in [-0.2, 0) is 18.4 Å². The first-order valence-electron chi connectivity index (χ1n) is 13.4. The smallest absolute Gasteiger partial charge is 0.292 e. The van der Waals surface area contributed by atoms with Gasteiger partial charge in [0.2, 0.25) is 16.6 Å². The summed E-state index contributed by atoms with van der Waals surface area (Å²) in [7, 11) is -3.45. The van der Waals surface area contributed by atoms with Gasteiger partial charge in [-0.3, -0.25) is 9.59 Å². The van der Waals surface area contributed by atoms with Gasteiger partial charge in [-0.15, -0.1) is 0 Å². The van der Waals surface area contributed by atoms with Crippen LogP contribution in [0.25, 0.3) is 0 Å². The summed E-state index contributed by atoms with van der Waals surface area (Å²) in [5, 5.41) is 0. The third kappa shape index (κ3) is 26.7. The van der Waals surface area contributed by atoms with Crippen LogP contribution in [0.5, 0.6) is 0 Å². The van der Waals surface area contributed by atoms with Crippen molar-refractivity contribution in [1.29, 1.82) is 0 Å². The Labute approximate surface area is 212 Å². The first-order valence-corrected chi connectivity index (χ1v) is 20.2. The van der Waals surface area contributed by atoms with Gasteiger partial charge in [-0.05, 0) is 76.8 Å². The number of hydrogen-bond donors (Lipinski definition) is 0. The van der Waals surface area contributed by atoms with Crippen molar-refractivity contribution in [2.24, 2.45) is 0 Å². The molecule has 0 radical (unpaired) electrons. The van der Waals surface area contributed by atoms with Gasteiger partial charge < -0.3 is 8.85 Å². The monoisotopic (exact) mass is 506 g/mol. The first kappa shape index (κ1) is 32.5. The molecule has 4 nitrogen and oxygen atoms in total. The average molecular weight is 507 g/mol. The van der Waals surface area contributed by atoms with E-state index in [0.717, 1.165) is 51.4 Å². The van der Waals surface area contributed by atoms with E-state index in [9.17, 15) is 9.59 Å². The molecule has 0 aliphatic rings. The number of carbonyl (C=O) groups excluding carboxylic acids is 2. The number of rotatable bonds is 18. The Morgan fingerprint density at radius 2 is 0.794 bits per heavy atom. The molecule has 0 aliphatic heterocycles. The lowest BCUT2D eigenvalue weighted by molar-refractivity contribution is -0.136. The third-order valence-corrected chi connectivity index (χ3v) is 6.62. The molecule has 0 heterocycles. The lowest BCUT2D eigenvalue weighted by atomic mass is 10.1. The molecule has 194 valence electrons. The molecule has 0 saturated carbocycles. The van der Waals surface area contributed by atoms with Crippen molar-refractivity contribution < 1.29 is 18.4 Å². The minimum atomic E-state index is -1.73. The van der Waals surface area contributed by atoms with Gasteiger partial charge in [0.1, 0.15) is 0 Å². The predicted molar refractivity (Wildman–Crippen MR) is 148 cm³/mol. The summed E-state index contributed by atoms with van der Waals surface area (Å²) >= 11 is 0. The molecule has 0 bridgehead atoms. The van der Waals surface area contributed by atoms with Gasteiger partial charge in [0.25, 0.3) is 11.9 Å². The molecule has 0 unspecified atom stereocenters. The van der Waals surface area contributed by atoms with E-state index in [-0.39, 0.29) is 11.9 Å². The van der Waals surface area contributed by atoms with Crippen molar-refractivity contribution in [3.8, 4) is 23.7 Å². The molecule has 0 N–H and O–H groups in total. The van der Waals surface area contributed by atoms with E-state index in [4.69, 9.17) is 8.85 Å². The molecule has 34 heavy (non-hydrogen) atoms. The average Bonchev–Trinajstić information content (AvgIpc) is 2.69. The zero-order valence-corrected chi connectivity index (χ0v) is 24.9. The van der Waals surface area contributed by atoms with Gasteiger partial charge in [0.15, 0.2) is 0 Å². The van der Waals surface area contributed by atoms with E-state index in [2.05, 4.69) is 23.7 Å². The van der Waals surface area contributed by atoms with E-state index < -0.39 is 16.6 Å². The van der Waals surface area contributed by atoms with E-state index in [1.54, 1.807) is 0 Å². The summed E-state index contributed by atoms with van der Waals surface area (Å²) in [6.07, 6.45) is 16.5. The highest BCUT2D eigenvalue weighted by molar-refractivity contribution is 6.71. The van der Waals surface area contributed by atoms with Crippen molar-refractivity contribution in [3.05, 3.63) is 0 Å². The molecule has 6 heteroatoms. The number of unbranched alkanes of at least 4 members (excludes halogenated alkanes) is 12. The topological polar surface area (TPSA) is 52.6 Å². The van der Waals surface area contributed by atoms with Gasteiger partial charge in [-0.1, -0.05) is 63.2 Å². The second-order valence-corrected chi connectivity index (χ2v) is 19.9. The number of carbonyl (C=O) groups is 2. The molecule has 0 aromatic carbocycles. The fourth-order valence-electron chi connectivity index (χ4n) is 3.38. The van der Waals surface area contributed by atoms with Crippen LogP contribution in [-0.4, -0.2) is 28.6 Å². The molecule has 0 spiro atoms. The van der Waals surface area contributed by atoms with Crippen LogP contribution in [0.3, 0.4) is 0 Å². The molecule has 0 saturated heterocycles. The molecule has 0 rings (SSSR count). The van der Waals surface area contributed by atoms with E-state index in [1.807, 2.05) is 39.3 Å². The Morgan fingerprint density at radius 3 is 1.12 bits per heavy atom. The molecule has 0 atom stereocenters. The molecule has 0 aromatic rings. The molecule has 0 fully saturated rings. The standard InChI is InChI=1S/C28H50O4Si2/c1-33(2,3)31-27(29)25-23-21-19-17-15-13-11-9-7-8-10-12-14-16-18-20-22-24-26-28(30)32-34(4,5)6/h11-26H2,1-6H3. The second-order valence-electron chi connectivity index (χ2n) is 11.0. The van der Waals surface area contributed by atoms with Crippen molar-refractivity contribution in [1.82, 2.24) is 0 Å². The van der Waals surface area contributed by atoms with Crippen LogP contribution in [0.2, 0.25) is 39.3 Å². The first-order chi connectivity index (χ1) is 16.0. The van der Waals surface area contributed by atoms with Crippen LogP contribution < -0.4 is 0 Å². The Hall–Kier alpha value is -1.51. The van der Waals surface area contributed by atoms with Gasteiger partial charge in [-0.25, -0.2) is 0 Å². The Bertz CT molecular complexity index is 622. The fourth-order valence-corrected chi connectivity index (χ4v) is 4.95. The summed E-state index contributed by atoms with van der Waals surface area (Å²) in [6, 6.07) is 0. The maximum Gasteiger partial charge on any atom is 0.292 e. The van der Waals surface area contributed by atoms with Gasteiger partial charge in [-0.2, -0.15) is 0 Å². The minimum Gasteiger partial charge on any atom is -0.520 e. The largest absolute Gasteiger partial charge is 0.520 e. The molecular weight excluding hydrogens is 456 g/mol. The second kappa shape index (κ2) is 19.8. The Morgan fingerprint density at radius 1 is 0.500 bits per heavy atom. The van der Waals surface area contributed by atoms with Crippen molar-refractivity contribution >= 4 is 28.6 Å². The lowest BCUT2D eigenvalue weighted by Crippen LogP contribution is -2.28. The summed E-state index contributed by atoms with van der Waals surface area (Å²) in [5.74, 6) is 12.2. The number of hydrogen-bond acceptors (Lipinski definition) is 4. The van der Waals surface area contributed by atoms with E-state index in [1.165, 1.54) is 38.5 Å². The zero-order chi connectivity index (χ0) is 25.7. The summed E-state index contributed by atoms with van der Waals surface area (Å²) in [4.78, 5) is 23.3. The van der Waals surface area contributed by atoms with Gasteiger partial charge in [0, 0.05) is 25.7 Å². The minimum absolute atomic E-state index is 0.0243. The van der Waals surface area contributed by atoms with Crippen molar-refractivity contribution in [2.75, 3.05) is 0 Å². The van der Waals surface area contributed by atoms with Gasteiger partial charge in [0.05, 0.1) is 0 Å². The highest BCUT2D eigenvalue weighted by atomic mass is 28.4. The molecular formula is C28H50O4Si2. The van der Waals surface area contributed by atoms with E-state index >= 15 is 0 Å². The molecule has 0 aromatic heterocycles. The molecule has 0 aliphatic carbocycles. The third-order valence-electron chi connectivity index (χ3n) is 4.94. The van der Waals surface area contributed by atoms with Crippen LogP contribution in [0, 0.1) is 23.7 Å². The highest BCUT2D eigenvalue weighted by Crippen LogP contribution is 2.12. The summed E-state index contributed by atoms with van der Waals surface area (Å²) < 4.78 is 10.9. The maximum atomic E-state index is 11.7. The summed E-state index contributed by atoms with van der Waals surface area (Å²) in [5.41, 5.74) is 0. The SMILES string of the molecule is C[Si](C)(C)OC(=O)CCCCCCCCC#CC#CCCCCCCCCC(=O)O[Si](C)(C)C.